The number of pyridine rings is 1. The van der Waals surface area contributed by atoms with Crippen LogP contribution in [0.15, 0.2) is 36.7 Å². The molecular formula is C12H11FN2. The minimum Gasteiger partial charge on any atom is -0.398 e. The molecule has 76 valence electrons. The Bertz CT molecular complexity index is 495. The van der Waals surface area contributed by atoms with E-state index in [9.17, 15) is 4.39 Å². The highest BCUT2D eigenvalue weighted by Crippen LogP contribution is 2.28. The third kappa shape index (κ3) is 1.81. The molecule has 1 heterocycles. The van der Waals surface area contributed by atoms with Gasteiger partial charge in [0.15, 0.2) is 0 Å². The van der Waals surface area contributed by atoms with E-state index in [-0.39, 0.29) is 5.82 Å². The Hall–Kier alpha value is -1.90. The summed E-state index contributed by atoms with van der Waals surface area (Å²) in [6, 6.07) is 7.18. The number of benzene rings is 1. The molecule has 0 fully saturated rings. The van der Waals surface area contributed by atoms with E-state index in [1.807, 2.05) is 25.1 Å². The molecule has 2 N–H and O–H groups in total. The van der Waals surface area contributed by atoms with Crippen molar-refractivity contribution in [3.05, 3.63) is 48.0 Å². The molecule has 1 aromatic carbocycles. The molecular weight excluding hydrogens is 191 g/mol. The van der Waals surface area contributed by atoms with Gasteiger partial charge in [-0.15, -0.1) is 0 Å². The first kappa shape index (κ1) is 9.65. The van der Waals surface area contributed by atoms with Gasteiger partial charge in [0.2, 0.25) is 0 Å². The second kappa shape index (κ2) is 3.69. The Morgan fingerprint density at radius 1 is 1.20 bits per heavy atom. The number of aromatic nitrogens is 1. The zero-order valence-corrected chi connectivity index (χ0v) is 8.37. The number of aryl methyl sites for hydroxylation is 1. The number of nitrogen functional groups attached to an aromatic ring is 1. The zero-order valence-electron chi connectivity index (χ0n) is 8.37. The summed E-state index contributed by atoms with van der Waals surface area (Å²) in [4.78, 5) is 3.70. The fourth-order valence-corrected chi connectivity index (χ4v) is 1.52. The molecule has 0 unspecified atom stereocenters. The Labute approximate surface area is 87.6 Å². The second-order valence-electron chi connectivity index (χ2n) is 3.45. The van der Waals surface area contributed by atoms with Crippen molar-refractivity contribution in [2.45, 2.75) is 6.92 Å². The standard InChI is InChI=1S/C12H11FN2/c1-8-2-3-10(12(14)6-8)9-4-5-15-7-11(9)13/h2-7H,14H2,1H3. The fraction of sp³-hybridized carbons (Fsp3) is 0.0833. The maximum Gasteiger partial charge on any atom is 0.149 e. The smallest absolute Gasteiger partial charge is 0.149 e. The van der Waals surface area contributed by atoms with Gasteiger partial charge in [-0.25, -0.2) is 4.39 Å². The maximum atomic E-state index is 13.4. The van der Waals surface area contributed by atoms with Crippen molar-refractivity contribution >= 4 is 5.69 Å². The maximum absolute atomic E-state index is 13.4. The number of hydrogen-bond donors (Lipinski definition) is 1. The summed E-state index contributed by atoms with van der Waals surface area (Å²) in [5.41, 5.74) is 8.68. The quantitative estimate of drug-likeness (QED) is 0.722. The van der Waals surface area contributed by atoms with Crippen LogP contribution in [-0.4, -0.2) is 4.98 Å². The third-order valence-corrected chi connectivity index (χ3v) is 2.27. The molecule has 3 heteroatoms. The highest BCUT2D eigenvalue weighted by molar-refractivity contribution is 5.76. The number of hydrogen-bond acceptors (Lipinski definition) is 2. The summed E-state index contributed by atoms with van der Waals surface area (Å²) in [7, 11) is 0. The first-order valence-electron chi connectivity index (χ1n) is 4.64. The molecule has 0 atom stereocenters. The highest BCUT2D eigenvalue weighted by Gasteiger charge is 2.07. The summed E-state index contributed by atoms with van der Waals surface area (Å²) in [6.07, 6.45) is 2.74. The molecule has 0 radical (unpaired) electrons. The normalized spacial score (nSPS) is 10.3. The Morgan fingerprint density at radius 2 is 2.00 bits per heavy atom. The first-order chi connectivity index (χ1) is 7.18. The minimum absolute atomic E-state index is 0.354. The Morgan fingerprint density at radius 3 is 2.67 bits per heavy atom. The molecule has 0 aliphatic carbocycles. The van der Waals surface area contributed by atoms with Crippen molar-refractivity contribution in [1.82, 2.24) is 4.98 Å². The van der Waals surface area contributed by atoms with E-state index >= 15 is 0 Å². The van der Waals surface area contributed by atoms with Crippen molar-refractivity contribution in [2.75, 3.05) is 5.73 Å². The van der Waals surface area contributed by atoms with Crippen molar-refractivity contribution in [1.29, 1.82) is 0 Å². The molecule has 1 aromatic heterocycles. The molecule has 0 aliphatic heterocycles. The first-order valence-corrected chi connectivity index (χ1v) is 4.64. The van der Waals surface area contributed by atoms with Gasteiger partial charge in [0.05, 0.1) is 6.20 Å². The summed E-state index contributed by atoms with van der Waals surface area (Å²) >= 11 is 0. The highest BCUT2D eigenvalue weighted by atomic mass is 19.1. The molecule has 2 aromatic rings. The lowest BCUT2D eigenvalue weighted by atomic mass is 10.0. The average Bonchev–Trinajstić information content (AvgIpc) is 2.20. The van der Waals surface area contributed by atoms with Gasteiger partial charge in [0.1, 0.15) is 5.82 Å². The van der Waals surface area contributed by atoms with Crippen LogP contribution in [0.5, 0.6) is 0 Å². The second-order valence-corrected chi connectivity index (χ2v) is 3.45. The van der Waals surface area contributed by atoms with Gasteiger partial charge in [0, 0.05) is 23.0 Å². The van der Waals surface area contributed by atoms with Crippen LogP contribution in [0.3, 0.4) is 0 Å². The van der Waals surface area contributed by atoms with Crippen molar-refractivity contribution in [3.8, 4) is 11.1 Å². The average molecular weight is 202 g/mol. The van der Waals surface area contributed by atoms with Crippen LogP contribution in [0, 0.1) is 12.7 Å². The minimum atomic E-state index is -0.354. The Kier molecular flexibility index (Phi) is 2.37. The summed E-state index contributed by atoms with van der Waals surface area (Å²) in [5.74, 6) is -0.354. The van der Waals surface area contributed by atoms with E-state index in [1.54, 1.807) is 12.3 Å². The van der Waals surface area contributed by atoms with E-state index in [4.69, 9.17) is 5.73 Å². The lowest BCUT2D eigenvalue weighted by Gasteiger charge is -2.07. The lowest BCUT2D eigenvalue weighted by molar-refractivity contribution is 0.625. The van der Waals surface area contributed by atoms with Gasteiger partial charge in [-0.05, 0) is 24.6 Å². The molecule has 0 saturated carbocycles. The molecule has 2 rings (SSSR count). The van der Waals surface area contributed by atoms with Gasteiger partial charge in [-0.2, -0.15) is 0 Å². The molecule has 15 heavy (non-hydrogen) atoms. The van der Waals surface area contributed by atoms with Crippen LogP contribution in [0.2, 0.25) is 0 Å². The predicted molar refractivity (Wildman–Crippen MR) is 58.8 cm³/mol. The van der Waals surface area contributed by atoms with E-state index in [2.05, 4.69) is 4.98 Å². The van der Waals surface area contributed by atoms with Crippen LogP contribution in [0.1, 0.15) is 5.56 Å². The SMILES string of the molecule is Cc1ccc(-c2ccncc2F)c(N)c1. The van der Waals surface area contributed by atoms with Crippen LogP contribution in [0.25, 0.3) is 11.1 Å². The van der Waals surface area contributed by atoms with Gasteiger partial charge in [-0.1, -0.05) is 12.1 Å². The van der Waals surface area contributed by atoms with Crippen LogP contribution in [0.4, 0.5) is 10.1 Å². The fourth-order valence-electron chi connectivity index (χ4n) is 1.52. The van der Waals surface area contributed by atoms with Gasteiger partial charge >= 0.3 is 0 Å². The van der Waals surface area contributed by atoms with E-state index in [0.717, 1.165) is 5.56 Å². The number of rotatable bonds is 1. The van der Waals surface area contributed by atoms with E-state index < -0.39 is 0 Å². The number of halogens is 1. The van der Waals surface area contributed by atoms with Crippen LogP contribution in [-0.2, 0) is 0 Å². The predicted octanol–water partition coefficient (Wildman–Crippen LogP) is 2.78. The van der Waals surface area contributed by atoms with Crippen molar-refractivity contribution in [2.24, 2.45) is 0 Å². The molecule has 0 bridgehead atoms. The molecule has 0 spiro atoms. The molecule has 0 amide bonds. The van der Waals surface area contributed by atoms with Gasteiger partial charge in [-0.3, -0.25) is 4.98 Å². The molecule has 2 nitrogen and oxygen atoms in total. The number of nitrogens with zero attached hydrogens (tertiary/aromatic N) is 1. The van der Waals surface area contributed by atoms with Crippen molar-refractivity contribution in [3.63, 3.8) is 0 Å². The number of nitrogens with two attached hydrogens (primary N) is 1. The zero-order chi connectivity index (χ0) is 10.8. The van der Waals surface area contributed by atoms with E-state index in [1.165, 1.54) is 6.20 Å². The largest absolute Gasteiger partial charge is 0.398 e. The summed E-state index contributed by atoms with van der Waals surface area (Å²) < 4.78 is 13.4. The molecule has 0 saturated heterocycles. The topological polar surface area (TPSA) is 38.9 Å². The molecule has 0 aliphatic rings. The van der Waals surface area contributed by atoms with Gasteiger partial charge in [0.25, 0.3) is 0 Å². The van der Waals surface area contributed by atoms with Gasteiger partial charge < -0.3 is 5.73 Å². The lowest BCUT2D eigenvalue weighted by Crippen LogP contribution is -1.93. The van der Waals surface area contributed by atoms with Crippen LogP contribution < -0.4 is 5.73 Å². The van der Waals surface area contributed by atoms with Crippen LogP contribution >= 0.6 is 0 Å². The summed E-state index contributed by atoms with van der Waals surface area (Å²) in [5, 5.41) is 0. The van der Waals surface area contributed by atoms with Crippen molar-refractivity contribution < 1.29 is 4.39 Å². The Balaban J connectivity index is 2.60. The monoisotopic (exact) mass is 202 g/mol. The summed E-state index contributed by atoms with van der Waals surface area (Å²) in [6.45, 7) is 1.95. The van der Waals surface area contributed by atoms with E-state index in [0.29, 0.717) is 16.8 Å². The number of anilines is 1. The third-order valence-electron chi connectivity index (χ3n) is 2.27.